The van der Waals surface area contributed by atoms with E-state index in [9.17, 15) is 0 Å². The molecule has 0 amide bonds. The second-order valence-electron chi connectivity index (χ2n) is 12.1. The molecule has 6 heterocycles. The average Bonchev–Trinajstić information content (AvgIpc) is 4.00. The van der Waals surface area contributed by atoms with E-state index in [1.54, 1.807) is 6.20 Å². The first-order valence-electron chi connectivity index (χ1n) is 20.3. The first kappa shape index (κ1) is 47.4. The third kappa shape index (κ3) is 17.4. The maximum absolute atomic E-state index is 4.54. The van der Waals surface area contributed by atoms with Crippen LogP contribution in [0.15, 0.2) is 68.0 Å². The van der Waals surface area contributed by atoms with E-state index in [0.717, 1.165) is 133 Å². The van der Waals surface area contributed by atoms with E-state index in [-0.39, 0.29) is 0 Å². The van der Waals surface area contributed by atoms with E-state index in [1.165, 1.54) is 6.42 Å². The molecule has 3 aliphatic heterocycles. The standard InChI is InChI=1S/C13H17N3.2C12H16N4.3C2H6/c1-3-4-5-13-14-9-8-12(16-13)11-7-6-10(2)15-11;1-3-4-5-12-13-7-6-10(14-12)11-8-9(2)15-16-11;1-3-4-5-11-13-7-6-10(16-11)12-14-8-9(2)15-12;3*1-2/h7-9H,3-6H2,1-2H3;2*6-7H,3-5,8H2,1-2H3;3*1-2H3. The summed E-state index contributed by atoms with van der Waals surface area (Å²) in [5.74, 6) is 3.48. The number of rotatable bonds is 12. The van der Waals surface area contributed by atoms with Gasteiger partial charge in [-0.15, -0.1) is 0 Å². The van der Waals surface area contributed by atoms with Crippen molar-refractivity contribution < 1.29 is 0 Å². The lowest BCUT2D eigenvalue weighted by Gasteiger charge is -2.02. The van der Waals surface area contributed by atoms with Crippen LogP contribution in [0.25, 0.3) is 5.70 Å². The van der Waals surface area contributed by atoms with Crippen LogP contribution in [0, 0.1) is 0 Å². The normalized spacial score (nSPS) is 13.6. The summed E-state index contributed by atoms with van der Waals surface area (Å²) in [6, 6.07) is 5.71. The zero-order chi connectivity index (χ0) is 40.1. The Morgan fingerprint density at radius 1 is 0.537 bits per heavy atom. The summed E-state index contributed by atoms with van der Waals surface area (Å²) in [6.45, 7) is 25.2. The topological polar surface area (TPSA) is 139 Å². The van der Waals surface area contributed by atoms with Crippen molar-refractivity contribution in [2.45, 2.75) is 154 Å². The second kappa shape index (κ2) is 28.8. The predicted octanol–water partition coefficient (Wildman–Crippen LogP) is 10.5. The summed E-state index contributed by atoms with van der Waals surface area (Å²) < 4.78 is 0. The summed E-state index contributed by atoms with van der Waals surface area (Å²) in [5.41, 5.74) is 7.92. The molecule has 6 rings (SSSR count). The molecule has 3 aromatic rings. The van der Waals surface area contributed by atoms with E-state index in [1.807, 2.05) is 92.9 Å². The number of nitrogens with zero attached hydrogens (tertiary/aromatic N) is 11. The van der Waals surface area contributed by atoms with Crippen LogP contribution in [-0.2, 0) is 19.3 Å². The summed E-state index contributed by atoms with van der Waals surface area (Å²) in [6.07, 6.45) is 19.0. The molecule has 0 radical (unpaired) electrons. The minimum atomic E-state index is 0.698. The van der Waals surface area contributed by atoms with Gasteiger partial charge in [0.15, 0.2) is 5.84 Å². The Labute approximate surface area is 326 Å². The molecule has 294 valence electrons. The van der Waals surface area contributed by atoms with Crippen LogP contribution >= 0.6 is 0 Å². The highest BCUT2D eigenvalue weighted by Gasteiger charge is 2.14. The smallest absolute Gasteiger partial charge is 0.174 e. The summed E-state index contributed by atoms with van der Waals surface area (Å²) >= 11 is 0. The van der Waals surface area contributed by atoms with Crippen LogP contribution in [0.1, 0.15) is 169 Å². The molecule has 0 saturated heterocycles. The number of amidine groups is 1. The molecule has 0 bridgehead atoms. The third-order valence-electron chi connectivity index (χ3n) is 7.59. The van der Waals surface area contributed by atoms with Crippen molar-refractivity contribution in [2.24, 2.45) is 25.2 Å². The Kier molecular flexibility index (Phi) is 25.2. The van der Waals surface area contributed by atoms with Gasteiger partial charge in [0, 0.05) is 67.8 Å². The molecule has 0 spiro atoms. The highest BCUT2D eigenvalue weighted by molar-refractivity contribution is 6.13. The van der Waals surface area contributed by atoms with Gasteiger partial charge >= 0.3 is 0 Å². The van der Waals surface area contributed by atoms with Gasteiger partial charge in [-0.05, 0) is 58.2 Å². The molecule has 3 aliphatic rings. The number of unbranched alkanes of at least 4 members (excludes halogenated alkanes) is 3. The molecular formula is C43H67N11. The van der Waals surface area contributed by atoms with Crippen molar-refractivity contribution in [1.82, 2.24) is 29.9 Å². The van der Waals surface area contributed by atoms with Gasteiger partial charge in [-0.2, -0.15) is 10.2 Å². The molecule has 0 saturated carbocycles. The monoisotopic (exact) mass is 738 g/mol. The molecule has 11 heteroatoms. The largest absolute Gasteiger partial charge is 0.259 e. The van der Waals surface area contributed by atoms with Crippen molar-refractivity contribution in [3.63, 3.8) is 0 Å². The fourth-order valence-corrected chi connectivity index (χ4v) is 4.87. The van der Waals surface area contributed by atoms with Gasteiger partial charge in [-0.1, -0.05) is 87.7 Å². The number of aromatic nitrogens is 6. The van der Waals surface area contributed by atoms with E-state index in [2.05, 4.69) is 81.9 Å². The molecule has 3 aromatic heterocycles. The van der Waals surface area contributed by atoms with E-state index < -0.39 is 0 Å². The highest BCUT2D eigenvalue weighted by atomic mass is 15.2. The molecule has 0 aliphatic carbocycles. The van der Waals surface area contributed by atoms with Gasteiger partial charge in [0.05, 0.1) is 29.3 Å². The first-order valence-corrected chi connectivity index (χ1v) is 20.3. The lowest BCUT2D eigenvalue weighted by Crippen LogP contribution is -2.07. The van der Waals surface area contributed by atoms with E-state index in [4.69, 9.17) is 0 Å². The minimum Gasteiger partial charge on any atom is -0.259 e. The lowest BCUT2D eigenvalue weighted by molar-refractivity contribution is 0.750. The van der Waals surface area contributed by atoms with Gasteiger partial charge in [0.1, 0.15) is 23.2 Å². The molecule has 0 unspecified atom stereocenters. The average molecular weight is 738 g/mol. The van der Waals surface area contributed by atoms with Crippen molar-refractivity contribution in [3.8, 4) is 0 Å². The van der Waals surface area contributed by atoms with Crippen molar-refractivity contribution in [1.29, 1.82) is 0 Å². The summed E-state index contributed by atoms with van der Waals surface area (Å²) in [4.78, 5) is 39.5. The highest BCUT2D eigenvalue weighted by Crippen LogP contribution is 2.20. The Hall–Kier alpha value is -4.67. The van der Waals surface area contributed by atoms with Gasteiger partial charge in [0.2, 0.25) is 0 Å². The summed E-state index contributed by atoms with van der Waals surface area (Å²) in [5, 5.41) is 8.15. The van der Waals surface area contributed by atoms with Crippen LogP contribution in [-0.4, -0.2) is 65.1 Å². The van der Waals surface area contributed by atoms with E-state index in [0.29, 0.717) is 6.54 Å². The van der Waals surface area contributed by atoms with E-state index >= 15 is 0 Å². The summed E-state index contributed by atoms with van der Waals surface area (Å²) in [7, 11) is 0. The predicted molar refractivity (Wildman–Crippen MR) is 230 cm³/mol. The van der Waals surface area contributed by atoms with Crippen LogP contribution in [0.5, 0.6) is 0 Å². The molecule has 54 heavy (non-hydrogen) atoms. The number of aryl methyl sites for hydroxylation is 3. The number of allylic oxidation sites excluding steroid dienone is 1. The molecule has 0 fully saturated rings. The third-order valence-corrected chi connectivity index (χ3v) is 7.59. The molecule has 0 aromatic carbocycles. The Morgan fingerprint density at radius 3 is 1.44 bits per heavy atom. The fraction of sp³-hybridized carbons (Fsp3) is 0.558. The Morgan fingerprint density at radius 2 is 1.02 bits per heavy atom. The molecule has 11 nitrogen and oxygen atoms in total. The van der Waals surface area contributed by atoms with Crippen LogP contribution < -0.4 is 0 Å². The molecule has 0 atom stereocenters. The zero-order valence-corrected chi connectivity index (χ0v) is 35.4. The lowest BCUT2D eigenvalue weighted by atomic mass is 10.1. The quantitative estimate of drug-likeness (QED) is 0.181. The zero-order valence-electron chi connectivity index (χ0n) is 35.4. The van der Waals surface area contributed by atoms with Crippen molar-refractivity contribution in [3.05, 3.63) is 77.4 Å². The van der Waals surface area contributed by atoms with Gasteiger partial charge in [0.25, 0.3) is 0 Å². The van der Waals surface area contributed by atoms with Gasteiger partial charge < -0.3 is 0 Å². The molecular weight excluding hydrogens is 671 g/mol. The van der Waals surface area contributed by atoms with Gasteiger partial charge in [-0.25, -0.2) is 34.9 Å². The van der Waals surface area contributed by atoms with Crippen LogP contribution in [0.3, 0.4) is 0 Å². The minimum absolute atomic E-state index is 0.698. The number of hydrogen-bond acceptors (Lipinski definition) is 11. The maximum Gasteiger partial charge on any atom is 0.174 e. The maximum atomic E-state index is 4.54. The van der Waals surface area contributed by atoms with Gasteiger partial charge in [-0.3, -0.25) is 9.98 Å². The number of hydrogen-bond donors (Lipinski definition) is 0. The Balaban J connectivity index is 0.000000378. The first-order chi connectivity index (χ1) is 26.4. The molecule has 0 N–H and O–H groups in total. The van der Waals surface area contributed by atoms with Crippen LogP contribution in [0.2, 0.25) is 0 Å². The van der Waals surface area contributed by atoms with Crippen molar-refractivity contribution >= 4 is 34.4 Å². The van der Waals surface area contributed by atoms with Crippen molar-refractivity contribution in [2.75, 3.05) is 6.54 Å². The Bertz CT molecular complexity index is 1620. The SMILES string of the molecule is CC.CC.CC.CCCCc1nccc(C2=CCC(C)=N2)n1.CCCCc1nccc(C2=NCC(C)=N2)n1.CCCCc1nccc(C2=NN=C(C)C2)n1. The number of aliphatic imine (C=N–C) groups is 3. The fourth-order valence-electron chi connectivity index (χ4n) is 4.87. The van der Waals surface area contributed by atoms with Crippen LogP contribution in [0.4, 0.5) is 0 Å². The second-order valence-corrected chi connectivity index (χ2v) is 12.1.